The maximum atomic E-state index is 12.2. The minimum Gasteiger partial charge on any atom is -0.496 e. The zero-order chi connectivity index (χ0) is 16.3. The van der Waals surface area contributed by atoms with E-state index in [-0.39, 0.29) is 0 Å². The summed E-state index contributed by atoms with van der Waals surface area (Å²) in [6.45, 7) is 6.18. The highest BCUT2D eigenvalue weighted by Gasteiger charge is 2.40. The maximum Gasteiger partial charge on any atom is 0.154 e. The summed E-state index contributed by atoms with van der Waals surface area (Å²) in [6, 6.07) is 4.85. The molecule has 4 nitrogen and oxygen atoms in total. The molecular weight excluding hydrogens is 310 g/mol. The first-order valence-electron chi connectivity index (χ1n) is 6.91. The minimum atomic E-state index is -3.28. The van der Waals surface area contributed by atoms with Gasteiger partial charge in [-0.05, 0) is 45.0 Å². The fraction of sp³-hybridized carbons (Fsp3) is 0.600. The smallest absolute Gasteiger partial charge is 0.154 e. The number of rotatable bonds is 7. The van der Waals surface area contributed by atoms with Crippen molar-refractivity contribution in [2.75, 3.05) is 19.9 Å². The normalized spacial score (nSPS) is 14.0. The predicted octanol–water partition coefficient (Wildman–Crippen LogP) is 3.21. The number of sulfone groups is 1. The Hall–Kier alpha value is -0.780. The van der Waals surface area contributed by atoms with E-state index >= 15 is 0 Å². The molecule has 0 aromatic heterocycles. The highest BCUT2D eigenvalue weighted by molar-refractivity contribution is 7.92. The molecule has 0 amide bonds. The van der Waals surface area contributed by atoms with Crippen LogP contribution in [0.4, 0.5) is 0 Å². The van der Waals surface area contributed by atoms with Gasteiger partial charge in [-0.3, -0.25) is 0 Å². The van der Waals surface area contributed by atoms with Crippen molar-refractivity contribution in [1.82, 2.24) is 5.32 Å². The molecule has 0 heterocycles. The molecule has 1 atom stereocenters. The van der Waals surface area contributed by atoms with Crippen molar-refractivity contribution in [2.24, 2.45) is 0 Å². The summed E-state index contributed by atoms with van der Waals surface area (Å²) in [6.07, 6.45) is 2.16. The van der Waals surface area contributed by atoms with Crippen LogP contribution in [-0.2, 0) is 9.84 Å². The van der Waals surface area contributed by atoms with Crippen molar-refractivity contribution in [3.05, 3.63) is 28.8 Å². The molecule has 21 heavy (non-hydrogen) atoms. The van der Waals surface area contributed by atoms with E-state index < -0.39 is 20.6 Å². The van der Waals surface area contributed by atoms with Crippen LogP contribution in [0.2, 0.25) is 5.02 Å². The molecule has 0 aliphatic rings. The van der Waals surface area contributed by atoms with E-state index in [4.69, 9.17) is 16.3 Å². The van der Waals surface area contributed by atoms with Gasteiger partial charge in [0.2, 0.25) is 0 Å². The fourth-order valence-electron chi connectivity index (χ4n) is 2.16. The minimum absolute atomic E-state index is 0.402. The van der Waals surface area contributed by atoms with Gasteiger partial charge in [-0.2, -0.15) is 0 Å². The molecule has 0 saturated heterocycles. The van der Waals surface area contributed by atoms with E-state index in [1.54, 1.807) is 39.2 Å². The van der Waals surface area contributed by atoms with Crippen LogP contribution in [0, 0.1) is 0 Å². The summed E-state index contributed by atoms with van der Waals surface area (Å²) in [7, 11) is -1.71. The monoisotopic (exact) mass is 333 g/mol. The molecular formula is C15H24ClNO3S. The third-order valence-electron chi connectivity index (χ3n) is 3.75. The lowest BCUT2D eigenvalue weighted by Gasteiger charge is -2.34. The van der Waals surface area contributed by atoms with Gasteiger partial charge in [0.05, 0.1) is 17.9 Å². The molecule has 0 bridgehead atoms. The second-order valence-corrected chi connectivity index (χ2v) is 8.68. The molecule has 1 rings (SSSR count). The third kappa shape index (κ3) is 4.11. The first-order chi connectivity index (χ1) is 9.65. The zero-order valence-corrected chi connectivity index (χ0v) is 14.8. The molecule has 1 aromatic rings. The highest BCUT2D eigenvalue weighted by Crippen LogP contribution is 2.38. The number of hydrogen-bond donors (Lipinski definition) is 1. The average molecular weight is 334 g/mol. The third-order valence-corrected chi connectivity index (χ3v) is 6.13. The summed E-state index contributed by atoms with van der Waals surface area (Å²) in [5.41, 5.74) is 0.758. The lowest BCUT2D eigenvalue weighted by atomic mass is 9.94. The standard InChI is InChI=1S/C15H24ClNO3S/c1-6-9-17-14(15(2,3)21(5,18)19)12-10-11(16)7-8-13(12)20-4/h7-8,10,14,17H,6,9H2,1-5H3. The largest absolute Gasteiger partial charge is 0.496 e. The van der Waals surface area contributed by atoms with Crippen molar-refractivity contribution in [3.63, 3.8) is 0 Å². The van der Waals surface area contributed by atoms with Crippen molar-refractivity contribution < 1.29 is 13.2 Å². The molecule has 0 aliphatic carbocycles. The van der Waals surface area contributed by atoms with Gasteiger partial charge in [-0.25, -0.2) is 8.42 Å². The lowest BCUT2D eigenvalue weighted by Crippen LogP contribution is -2.45. The van der Waals surface area contributed by atoms with Crippen LogP contribution < -0.4 is 10.1 Å². The van der Waals surface area contributed by atoms with Crippen LogP contribution in [0.3, 0.4) is 0 Å². The second-order valence-electron chi connectivity index (χ2n) is 5.65. The van der Waals surface area contributed by atoms with Gasteiger partial charge in [-0.15, -0.1) is 0 Å². The topological polar surface area (TPSA) is 55.4 Å². The van der Waals surface area contributed by atoms with E-state index in [9.17, 15) is 8.42 Å². The number of ether oxygens (including phenoxy) is 1. The van der Waals surface area contributed by atoms with Crippen LogP contribution >= 0.6 is 11.6 Å². The molecule has 1 aromatic carbocycles. The Morgan fingerprint density at radius 3 is 2.48 bits per heavy atom. The highest BCUT2D eigenvalue weighted by atomic mass is 35.5. The lowest BCUT2D eigenvalue weighted by molar-refractivity contribution is 0.376. The maximum absolute atomic E-state index is 12.2. The van der Waals surface area contributed by atoms with Gasteiger partial charge in [0.1, 0.15) is 5.75 Å². The van der Waals surface area contributed by atoms with Crippen molar-refractivity contribution in [1.29, 1.82) is 0 Å². The van der Waals surface area contributed by atoms with Crippen LogP contribution in [0.15, 0.2) is 18.2 Å². The molecule has 0 aliphatic heterocycles. The van der Waals surface area contributed by atoms with Crippen LogP contribution in [-0.4, -0.2) is 33.1 Å². The summed E-state index contributed by atoms with van der Waals surface area (Å²) in [4.78, 5) is 0. The summed E-state index contributed by atoms with van der Waals surface area (Å²) >= 11 is 6.08. The van der Waals surface area contributed by atoms with Gasteiger partial charge in [0.15, 0.2) is 9.84 Å². The second kappa shape index (κ2) is 6.99. The van der Waals surface area contributed by atoms with Crippen LogP contribution in [0.1, 0.15) is 38.8 Å². The number of nitrogens with one attached hydrogen (secondary N) is 1. The van der Waals surface area contributed by atoms with Gasteiger partial charge >= 0.3 is 0 Å². The Morgan fingerprint density at radius 2 is 2.00 bits per heavy atom. The zero-order valence-electron chi connectivity index (χ0n) is 13.2. The van der Waals surface area contributed by atoms with Gasteiger partial charge in [0, 0.05) is 16.8 Å². The quantitative estimate of drug-likeness (QED) is 0.832. The summed E-state index contributed by atoms with van der Waals surface area (Å²) in [5, 5.41) is 3.87. The van der Waals surface area contributed by atoms with Gasteiger partial charge in [-0.1, -0.05) is 18.5 Å². The first-order valence-corrected chi connectivity index (χ1v) is 9.18. The van der Waals surface area contributed by atoms with Crippen molar-refractivity contribution in [3.8, 4) is 5.75 Å². The Labute approximate surface area is 132 Å². The molecule has 0 radical (unpaired) electrons. The molecule has 6 heteroatoms. The predicted molar refractivity (Wildman–Crippen MR) is 88.0 cm³/mol. The van der Waals surface area contributed by atoms with E-state index in [1.165, 1.54) is 6.26 Å². The molecule has 120 valence electrons. The van der Waals surface area contributed by atoms with Crippen molar-refractivity contribution >= 4 is 21.4 Å². The van der Waals surface area contributed by atoms with E-state index in [2.05, 4.69) is 5.32 Å². The Kier molecular flexibility index (Phi) is 6.08. The summed E-state index contributed by atoms with van der Waals surface area (Å²) in [5.74, 6) is 0.629. The average Bonchev–Trinajstić information content (AvgIpc) is 2.38. The van der Waals surface area contributed by atoms with Crippen LogP contribution in [0.25, 0.3) is 0 Å². The Morgan fingerprint density at radius 1 is 1.38 bits per heavy atom. The molecule has 0 saturated carbocycles. The van der Waals surface area contributed by atoms with E-state index in [1.807, 2.05) is 6.92 Å². The molecule has 1 unspecified atom stereocenters. The SMILES string of the molecule is CCCNC(c1cc(Cl)ccc1OC)C(C)(C)S(C)(=O)=O. The number of benzene rings is 1. The van der Waals surface area contributed by atoms with Crippen LogP contribution in [0.5, 0.6) is 5.75 Å². The number of hydrogen-bond acceptors (Lipinski definition) is 4. The van der Waals surface area contributed by atoms with E-state index in [0.717, 1.165) is 12.0 Å². The fourth-order valence-corrected chi connectivity index (χ4v) is 2.98. The Bertz CT molecular complexity index is 585. The first kappa shape index (κ1) is 18.3. The summed E-state index contributed by atoms with van der Waals surface area (Å²) < 4.78 is 28.8. The molecule has 0 fully saturated rings. The number of halogens is 1. The molecule has 1 N–H and O–H groups in total. The van der Waals surface area contributed by atoms with E-state index in [0.29, 0.717) is 17.3 Å². The Balaban J connectivity index is 3.42. The van der Waals surface area contributed by atoms with Gasteiger partial charge in [0.25, 0.3) is 0 Å². The van der Waals surface area contributed by atoms with Crippen molar-refractivity contribution in [2.45, 2.75) is 38.0 Å². The van der Waals surface area contributed by atoms with Gasteiger partial charge < -0.3 is 10.1 Å². The number of methoxy groups -OCH3 is 1. The molecule has 0 spiro atoms.